The summed E-state index contributed by atoms with van der Waals surface area (Å²) in [5.74, 6) is -0.685. The SMILES string of the molecule is CCOC(=O)c1cccc(N)c1N(CC)CC(F)(F)F. The summed E-state index contributed by atoms with van der Waals surface area (Å²) in [7, 11) is 0. The van der Waals surface area contributed by atoms with Crippen LogP contribution in [0.25, 0.3) is 0 Å². The van der Waals surface area contributed by atoms with E-state index in [1.54, 1.807) is 13.8 Å². The molecular weight excluding hydrogens is 273 g/mol. The summed E-state index contributed by atoms with van der Waals surface area (Å²) in [5, 5.41) is 0. The van der Waals surface area contributed by atoms with Crippen molar-refractivity contribution in [3.8, 4) is 0 Å². The summed E-state index contributed by atoms with van der Waals surface area (Å²) < 4.78 is 42.6. The first-order valence-corrected chi connectivity index (χ1v) is 6.17. The van der Waals surface area contributed by atoms with Gasteiger partial charge in [0.2, 0.25) is 0 Å². The van der Waals surface area contributed by atoms with Crippen molar-refractivity contribution < 1.29 is 22.7 Å². The quantitative estimate of drug-likeness (QED) is 0.669. The maximum absolute atomic E-state index is 12.6. The topological polar surface area (TPSA) is 55.6 Å². The molecule has 0 amide bonds. The van der Waals surface area contributed by atoms with Gasteiger partial charge in [-0.15, -0.1) is 0 Å². The molecule has 0 saturated carbocycles. The normalized spacial score (nSPS) is 11.2. The fourth-order valence-electron chi connectivity index (χ4n) is 1.85. The molecule has 2 N–H and O–H groups in total. The molecule has 1 aromatic carbocycles. The minimum Gasteiger partial charge on any atom is -0.462 e. The summed E-state index contributed by atoms with van der Waals surface area (Å²) in [6, 6.07) is 4.37. The molecule has 20 heavy (non-hydrogen) atoms. The summed E-state index contributed by atoms with van der Waals surface area (Å²) in [4.78, 5) is 12.8. The molecule has 0 radical (unpaired) electrons. The number of benzene rings is 1. The third-order valence-electron chi connectivity index (χ3n) is 2.63. The molecule has 0 aliphatic rings. The third-order valence-corrected chi connectivity index (χ3v) is 2.63. The molecule has 0 aliphatic carbocycles. The Morgan fingerprint density at radius 2 is 2.00 bits per heavy atom. The molecule has 0 fully saturated rings. The van der Waals surface area contributed by atoms with Gasteiger partial charge < -0.3 is 15.4 Å². The van der Waals surface area contributed by atoms with E-state index in [1.807, 2.05) is 0 Å². The van der Waals surface area contributed by atoms with Gasteiger partial charge in [-0.3, -0.25) is 0 Å². The molecule has 0 atom stereocenters. The summed E-state index contributed by atoms with van der Waals surface area (Å²) in [6.45, 7) is 2.22. The zero-order valence-corrected chi connectivity index (χ0v) is 11.3. The zero-order valence-electron chi connectivity index (χ0n) is 11.3. The van der Waals surface area contributed by atoms with Crippen molar-refractivity contribution in [1.29, 1.82) is 0 Å². The predicted molar refractivity (Wildman–Crippen MR) is 70.8 cm³/mol. The molecule has 1 aromatic rings. The lowest BCUT2D eigenvalue weighted by molar-refractivity contribution is -0.119. The smallest absolute Gasteiger partial charge is 0.405 e. The van der Waals surface area contributed by atoms with E-state index in [1.165, 1.54) is 18.2 Å². The highest BCUT2D eigenvalue weighted by atomic mass is 19.4. The highest BCUT2D eigenvalue weighted by Crippen LogP contribution is 2.31. The number of nitrogen functional groups attached to an aromatic ring is 1. The van der Waals surface area contributed by atoms with Crippen LogP contribution in [0.5, 0.6) is 0 Å². The number of carbonyl (C=O) groups is 1. The maximum Gasteiger partial charge on any atom is 0.405 e. The first kappa shape index (κ1) is 16.1. The fourth-order valence-corrected chi connectivity index (χ4v) is 1.85. The molecule has 1 rings (SSSR count). The van der Waals surface area contributed by atoms with E-state index in [-0.39, 0.29) is 30.1 Å². The number of esters is 1. The van der Waals surface area contributed by atoms with Crippen molar-refractivity contribution in [3.63, 3.8) is 0 Å². The molecule has 0 spiro atoms. The number of nitrogens with two attached hydrogens (primary N) is 1. The van der Waals surface area contributed by atoms with E-state index in [0.717, 1.165) is 4.90 Å². The van der Waals surface area contributed by atoms with Crippen molar-refractivity contribution in [3.05, 3.63) is 23.8 Å². The number of alkyl halides is 3. The van der Waals surface area contributed by atoms with Crippen LogP contribution in [0, 0.1) is 0 Å². The van der Waals surface area contributed by atoms with Gasteiger partial charge in [0.25, 0.3) is 0 Å². The second-order valence-electron chi connectivity index (χ2n) is 4.09. The lowest BCUT2D eigenvalue weighted by Crippen LogP contribution is -2.35. The number of rotatable bonds is 5. The first-order chi connectivity index (χ1) is 9.30. The molecule has 0 heterocycles. The molecule has 112 valence electrons. The van der Waals surface area contributed by atoms with E-state index >= 15 is 0 Å². The van der Waals surface area contributed by atoms with Crippen LogP contribution in [-0.4, -0.2) is 31.8 Å². The van der Waals surface area contributed by atoms with E-state index in [0.29, 0.717) is 0 Å². The summed E-state index contributed by atoms with van der Waals surface area (Å²) in [5.41, 5.74) is 5.95. The van der Waals surface area contributed by atoms with Gasteiger partial charge in [0.05, 0.1) is 23.5 Å². The van der Waals surface area contributed by atoms with Gasteiger partial charge in [0.1, 0.15) is 6.54 Å². The van der Waals surface area contributed by atoms with Gasteiger partial charge >= 0.3 is 12.1 Å². The van der Waals surface area contributed by atoms with Crippen LogP contribution in [0.1, 0.15) is 24.2 Å². The Morgan fingerprint density at radius 1 is 1.35 bits per heavy atom. The molecular formula is C13H17F3N2O2. The van der Waals surface area contributed by atoms with E-state index in [2.05, 4.69) is 0 Å². The molecule has 0 aliphatic heterocycles. The number of hydrogen-bond acceptors (Lipinski definition) is 4. The molecule has 0 saturated heterocycles. The van der Waals surface area contributed by atoms with Crippen molar-refractivity contribution in [1.82, 2.24) is 0 Å². The maximum atomic E-state index is 12.6. The number of para-hydroxylation sites is 1. The van der Waals surface area contributed by atoms with Crippen LogP contribution in [0.4, 0.5) is 24.5 Å². The van der Waals surface area contributed by atoms with Gasteiger partial charge in [-0.25, -0.2) is 4.79 Å². The molecule has 0 unspecified atom stereocenters. The Labute approximate surface area is 115 Å². The molecule has 0 bridgehead atoms. The first-order valence-electron chi connectivity index (χ1n) is 6.17. The molecule has 4 nitrogen and oxygen atoms in total. The van der Waals surface area contributed by atoms with E-state index < -0.39 is 18.7 Å². The van der Waals surface area contributed by atoms with Crippen LogP contribution >= 0.6 is 0 Å². The number of carbonyl (C=O) groups excluding carboxylic acids is 1. The average Bonchev–Trinajstić information content (AvgIpc) is 2.35. The Morgan fingerprint density at radius 3 is 2.50 bits per heavy atom. The third kappa shape index (κ3) is 4.04. The highest BCUT2D eigenvalue weighted by Gasteiger charge is 2.32. The average molecular weight is 290 g/mol. The van der Waals surface area contributed by atoms with E-state index in [9.17, 15) is 18.0 Å². The van der Waals surface area contributed by atoms with Crippen LogP contribution < -0.4 is 10.6 Å². The summed E-state index contributed by atoms with van der Waals surface area (Å²) in [6.07, 6.45) is -4.38. The standard InChI is InChI=1S/C13H17F3N2O2/c1-3-18(8-13(14,15)16)11-9(12(19)20-4-2)6-5-7-10(11)17/h5-7H,3-4,8,17H2,1-2H3. The van der Waals surface area contributed by atoms with Crippen molar-refractivity contribution in [2.45, 2.75) is 20.0 Å². The Kier molecular flexibility index (Phi) is 5.24. The van der Waals surface area contributed by atoms with Gasteiger partial charge in [-0.1, -0.05) is 6.07 Å². The minimum atomic E-state index is -4.38. The number of ether oxygens (including phenoxy) is 1. The molecule has 7 heteroatoms. The second-order valence-corrected chi connectivity index (χ2v) is 4.09. The van der Waals surface area contributed by atoms with Crippen LogP contribution in [0.3, 0.4) is 0 Å². The van der Waals surface area contributed by atoms with Crippen LogP contribution in [0.15, 0.2) is 18.2 Å². The Bertz CT molecular complexity index is 475. The van der Waals surface area contributed by atoms with Gasteiger partial charge in [0, 0.05) is 6.54 Å². The summed E-state index contributed by atoms with van der Waals surface area (Å²) >= 11 is 0. The van der Waals surface area contributed by atoms with Crippen molar-refractivity contribution in [2.24, 2.45) is 0 Å². The molecule has 0 aromatic heterocycles. The van der Waals surface area contributed by atoms with Gasteiger partial charge in [-0.05, 0) is 26.0 Å². The predicted octanol–water partition coefficient (Wildman–Crippen LogP) is 2.83. The Balaban J connectivity index is 3.23. The zero-order chi connectivity index (χ0) is 15.3. The minimum absolute atomic E-state index is 0.0398. The van der Waals surface area contributed by atoms with E-state index in [4.69, 9.17) is 10.5 Å². The van der Waals surface area contributed by atoms with Crippen LogP contribution in [0.2, 0.25) is 0 Å². The lowest BCUT2D eigenvalue weighted by atomic mass is 10.1. The van der Waals surface area contributed by atoms with Crippen molar-refractivity contribution >= 4 is 17.3 Å². The lowest BCUT2D eigenvalue weighted by Gasteiger charge is -2.27. The highest BCUT2D eigenvalue weighted by molar-refractivity contribution is 5.99. The number of halogens is 3. The number of anilines is 2. The largest absolute Gasteiger partial charge is 0.462 e. The monoisotopic (exact) mass is 290 g/mol. The fraction of sp³-hybridized carbons (Fsp3) is 0.462. The Hall–Kier alpha value is -1.92. The van der Waals surface area contributed by atoms with Gasteiger partial charge in [0.15, 0.2) is 0 Å². The van der Waals surface area contributed by atoms with Gasteiger partial charge in [-0.2, -0.15) is 13.2 Å². The van der Waals surface area contributed by atoms with Crippen LogP contribution in [-0.2, 0) is 4.74 Å². The van der Waals surface area contributed by atoms with Crippen molar-refractivity contribution in [2.75, 3.05) is 30.3 Å². The number of nitrogens with zero attached hydrogens (tertiary/aromatic N) is 1. The number of hydrogen-bond donors (Lipinski definition) is 1. The second kappa shape index (κ2) is 6.49.